The average Bonchev–Trinajstić information content (AvgIpc) is 2.49. The summed E-state index contributed by atoms with van der Waals surface area (Å²) in [4.78, 5) is 12.8. The fourth-order valence-electron chi connectivity index (χ4n) is 1.97. The quantitative estimate of drug-likeness (QED) is 0.600. The molecule has 0 aromatic carbocycles. The molecule has 2 aliphatic rings. The molecule has 12 heavy (non-hydrogen) atoms. The van der Waals surface area contributed by atoms with Crippen molar-refractivity contribution in [3.8, 4) is 0 Å². The van der Waals surface area contributed by atoms with Gasteiger partial charge in [-0.05, 0) is 19.4 Å². The van der Waals surface area contributed by atoms with E-state index in [0.29, 0.717) is 19.2 Å². The number of fused-ring (bicyclic) bond motifs is 1. The molecule has 2 rings (SSSR count). The topological polar surface area (TPSA) is 49.8 Å². The standard InChI is InChI=1S/C8H13NO3/c10-8(11)7-4-9-3-1-2-6(9)5-12-7/h6-7H,1-5H2,(H,10,11)/t6-,7-/m0/s1. The van der Waals surface area contributed by atoms with E-state index in [4.69, 9.17) is 9.84 Å². The molecule has 1 N–H and O–H groups in total. The molecule has 0 aromatic heterocycles. The van der Waals surface area contributed by atoms with Crippen molar-refractivity contribution in [2.75, 3.05) is 19.7 Å². The van der Waals surface area contributed by atoms with E-state index in [9.17, 15) is 4.79 Å². The first-order valence-corrected chi connectivity index (χ1v) is 4.36. The van der Waals surface area contributed by atoms with Gasteiger partial charge in [0.1, 0.15) is 0 Å². The molecule has 0 bridgehead atoms. The van der Waals surface area contributed by atoms with Gasteiger partial charge in [0.15, 0.2) is 6.10 Å². The van der Waals surface area contributed by atoms with Crippen LogP contribution in [0.25, 0.3) is 0 Å². The monoisotopic (exact) mass is 171 g/mol. The first-order chi connectivity index (χ1) is 5.77. The molecule has 0 saturated carbocycles. The Morgan fingerprint density at radius 1 is 1.58 bits per heavy atom. The molecule has 2 aliphatic heterocycles. The van der Waals surface area contributed by atoms with E-state index < -0.39 is 12.1 Å². The SMILES string of the molecule is O=C(O)[C@@H]1CN2CCC[C@H]2CO1. The Hall–Kier alpha value is -0.610. The van der Waals surface area contributed by atoms with Gasteiger partial charge in [-0.2, -0.15) is 0 Å². The first kappa shape index (κ1) is 8.01. The van der Waals surface area contributed by atoms with Crippen LogP contribution in [0.2, 0.25) is 0 Å². The minimum atomic E-state index is -0.833. The summed E-state index contributed by atoms with van der Waals surface area (Å²) in [7, 11) is 0. The van der Waals surface area contributed by atoms with Crippen molar-refractivity contribution in [2.24, 2.45) is 0 Å². The minimum absolute atomic E-state index is 0.487. The summed E-state index contributed by atoms with van der Waals surface area (Å²) in [6.45, 7) is 2.20. The van der Waals surface area contributed by atoms with Crippen LogP contribution in [0.4, 0.5) is 0 Å². The van der Waals surface area contributed by atoms with E-state index in [0.717, 1.165) is 13.0 Å². The molecule has 4 nitrogen and oxygen atoms in total. The highest BCUT2D eigenvalue weighted by atomic mass is 16.5. The number of hydrogen-bond donors (Lipinski definition) is 1. The fourth-order valence-corrected chi connectivity index (χ4v) is 1.97. The third-order valence-corrected chi connectivity index (χ3v) is 2.66. The van der Waals surface area contributed by atoms with Crippen molar-refractivity contribution in [3.05, 3.63) is 0 Å². The van der Waals surface area contributed by atoms with Crippen LogP contribution in [0.3, 0.4) is 0 Å². The molecule has 0 radical (unpaired) electrons. The van der Waals surface area contributed by atoms with Crippen LogP contribution in [-0.2, 0) is 9.53 Å². The van der Waals surface area contributed by atoms with Gasteiger partial charge in [-0.3, -0.25) is 4.90 Å². The molecule has 2 fully saturated rings. The Balaban J connectivity index is 1.96. The summed E-state index contributed by atoms with van der Waals surface area (Å²) in [6, 6.07) is 0.487. The fraction of sp³-hybridized carbons (Fsp3) is 0.875. The van der Waals surface area contributed by atoms with E-state index in [-0.39, 0.29) is 0 Å². The number of carbonyl (C=O) groups is 1. The van der Waals surface area contributed by atoms with Crippen molar-refractivity contribution in [2.45, 2.75) is 25.0 Å². The molecule has 2 saturated heterocycles. The van der Waals surface area contributed by atoms with Crippen molar-refractivity contribution in [1.29, 1.82) is 0 Å². The van der Waals surface area contributed by atoms with E-state index in [2.05, 4.69) is 4.90 Å². The molecule has 2 heterocycles. The zero-order valence-electron chi connectivity index (χ0n) is 6.90. The molecule has 68 valence electrons. The van der Waals surface area contributed by atoms with Gasteiger partial charge in [0, 0.05) is 12.6 Å². The third-order valence-electron chi connectivity index (χ3n) is 2.66. The van der Waals surface area contributed by atoms with E-state index in [1.54, 1.807) is 0 Å². The zero-order chi connectivity index (χ0) is 8.55. The number of hydrogen-bond acceptors (Lipinski definition) is 3. The van der Waals surface area contributed by atoms with Gasteiger partial charge in [0.25, 0.3) is 0 Å². The highest BCUT2D eigenvalue weighted by Gasteiger charge is 2.34. The number of aliphatic carboxylic acids is 1. The number of nitrogens with zero attached hydrogens (tertiary/aromatic N) is 1. The largest absolute Gasteiger partial charge is 0.479 e. The number of rotatable bonds is 1. The Morgan fingerprint density at radius 3 is 3.17 bits per heavy atom. The van der Waals surface area contributed by atoms with Crippen LogP contribution in [-0.4, -0.2) is 47.8 Å². The molecule has 0 unspecified atom stereocenters. The van der Waals surface area contributed by atoms with Crippen LogP contribution in [0, 0.1) is 0 Å². The van der Waals surface area contributed by atoms with E-state index >= 15 is 0 Å². The van der Waals surface area contributed by atoms with Crippen molar-refractivity contribution < 1.29 is 14.6 Å². The van der Waals surface area contributed by atoms with Gasteiger partial charge >= 0.3 is 5.97 Å². The van der Waals surface area contributed by atoms with Gasteiger partial charge in [0.05, 0.1) is 6.61 Å². The van der Waals surface area contributed by atoms with Gasteiger partial charge in [0.2, 0.25) is 0 Å². The lowest BCUT2D eigenvalue weighted by Gasteiger charge is -2.32. The summed E-state index contributed by atoms with van der Waals surface area (Å²) in [6.07, 6.45) is 1.74. The average molecular weight is 171 g/mol. The molecule has 0 amide bonds. The van der Waals surface area contributed by atoms with Crippen LogP contribution < -0.4 is 0 Å². The lowest BCUT2D eigenvalue weighted by molar-refractivity contribution is -0.158. The zero-order valence-corrected chi connectivity index (χ0v) is 6.90. The summed E-state index contributed by atoms with van der Waals surface area (Å²) < 4.78 is 5.21. The Bertz CT molecular complexity index is 195. The van der Waals surface area contributed by atoms with Gasteiger partial charge in [-0.15, -0.1) is 0 Å². The maximum absolute atomic E-state index is 10.6. The smallest absolute Gasteiger partial charge is 0.334 e. The molecule has 4 heteroatoms. The number of carboxylic acids is 1. The summed E-state index contributed by atoms with van der Waals surface area (Å²) >= 11 is 0. The Morgan fingerprint density at radius 2 is 2.42 bits per heavy atom. The van der Waals surface area contributed by atoms with Crippen LogP contribution in [0.15, 0.2) is 0 Å². The second kappa shape index (κ2) is 3.03. The number of carboxylic acid groups (broad SMARTS) is 1. The van der Waals surface area contributed by atoms with Crippen molar-refractivity contribution in [3.63, 3.8) is 0 Å². The van der Waals surface area contributed by atoms with Gasteiger partial charge in [-0.1, -0.05) is 0 Å². The van der Waals surface area contributed by atoms with E-state index in [1.807, 2.05) is 0 Å². The molecule has 0 spiro atoms. The Labute approximate surface area is 71.1 Å². The number of ether oxygens (including phenoxy) is 1. The molecule has 2 atom stereocenters. The predicted octanol–water partition coefficient (Wildman–Crippen LogP) is -0.0658. The first-order valence-electron chi connectivity index (χ1n) is 4.36. The molecule has 0 aromatic rings. The number of morpholine rings is 1. The van der Waals surface area contributed by atoms with Crippen LogP contribution in [0.5, 0.6) is 0 Å². The van der Waals surface area contributed by atoms with Crippen LogP contribution >= 0.6 is 0 Å². The van der Waals surface area contributed by atoms with Crippen molar-refractivity contribution >= 4 is 5.97 Å². The maximum Gasteiger partial charge on any atom is 0.334 e. The molecular weight excluding hydrogens is 158 g/mol. The normalized spacial score (nSPS) is 36.3. The van der Waals surface area contributed by atoms with Crippen LogP contribution in [0.1, 0.15) is 12.8 Å². The Kier molecular flexibility index (Phi) is 2.02. The summed E-state index contributed by atoms with van der Waals surface area (Å²) in [5.74, 6) is -0.833. The lowest BCUT2D eigenvalue weighted by Crippen LogP contribution is -2.48. The summed E-state index contributed by atoms with van der Waals surface area (Å²) in [5, 5.41) is 8.71. The van der Waals surface area contributed by atoms with Gasteiger partial charge < -0.3 is 9.84 Å². The maximum atomic E-state index is 10.6. The lowest BCUT2D eigenvalue weighted by atomic mass is 10.2. The highest BCUT2D eigenvalue weighted by Crippen LogP contribution is 2.22. The van der Waals surface area contributed by atoms with E-state index in [1.165, 1.54) is 6.42 Å². The predicted molar refractivity (Wildman–Crippen MR) is 42.0 cm³/mol. The second-order valence-corrected chi connectivity index (χ2v) is 3.45. The molecule has 0 aliphatic carbocycles. The van der Waals surface area contributed by atoms with Crippen molar-refractivity contribution in [1.82, 2.24) is 4.90 Å². The minimum Gasteiger partial charge on any atom is -0.479 e. The third kappa shape index (κ3) is 1.32. The highest BCUT2D eigenvalue weighted by molar-refractivity contribution is 5.72. The molecular formula is C8H13NO3. The van der Waals surface area contributed by atoms with Gasteiger partial charge in [-0.25, -0.2) is 4.79 Å². The summed E-state index contributed by atoms with van der Waals surface area (Å²) in [5.41, 5.74) is 0. The second-order valence-electron chi connectivity index (χ2n) is 3.45.